The summed E-state index contributed by atoms with van der Waals surface area (Å²) >= 11 is 0. The Labute approximate surface area is 162 Å². The van der Waals surface area contributed by atoms with E-state index < -0.39 is 25.2 Å². The van der Waals surface area contributed by atoms with Crippen molar-refractivity contribution in [3.63, 3.8) is 0 Å². The Morgan fingerprint density at radius 3 is 2.93 bits per heavy atom. The fraction of sp³-hybridized carbons (Fsp3) is 0.684. The van der Waals surface area contributed by atoms with Crippen molar-refractivity contribution in [1.29, 1.82) is 0 Å². The summed E-state index contributed by atoms with van der Waals surface area (Å²) in [5.74, 6) is 0.596. The van der Waals surface area contributed by atoms with E-state index in [-0.39, 0.29) is 18.4 Å². The number of hydrogen-bond acceptors (Lipinski definition) is 6. The van der Waals surface area contributed by atoms with Gasteiger partial charge >= 0.3 is 0 Å². The van der Waals surface area contributed by atoms with E-state index in [0.29, 0.717) is 18.4 Å². The molecular weight excluding hydrogens is 353 g/mol. The molecule has 1 saturated heterocycles. The lowest BCUT2D eigenvalue weighted by Crippen LogP contribution is -2.52. The summed E-state index contributed by atoms with van der Waals surface area (Å²) in [5.41, 5.74) is 1.06. The van der Waals surface area contributed by atoms with Gasteiger partial charge in [-0.15, -0.1) is 0 Å². The second kappa shape index (κ2) is 9.32. The first-order valence-electron chi connectivity index (χ1n) is 10.2. The molecule has 1 aliphatic carbocycles. The van der Waals surface area contributed by atoms with Gasteiger partial charge in [-0.2, -0.15) is 0 Å². The number of carbonyl (C=O) groups excluding carboxylic acids is 1. The normalized spacial score (nSPS) is 19.7. The molecule has 0 aromatic carbocycles. The third-order valence-electron chi connectivity index (χ3n) is 4.65. The maximum Gasteiger partial charge on any atom is 0.270 e. The van der Waals surface area contributed by atoms with E-state index in [1.807, 2.05) is 6.07 Å². The molecule has 1 aromatic heterocycles. The van der Waals surface area contributed by atoms with Crippen molar-refractivity contribution in [2.75, 3.05) is 51.5 Å². The number of ether oxygens (including phenoxy) is 3. The summed E-state index contributed by atoms with van der Waals surface area (Å²) < 4.78 is 42.6. The van der Waals surface area contributed by atoms with E-state index in [9.17, 15) is 9.18 Å². The highest BCUT2D eigenvalue weighted by molar-refractivity contribution is 5.93. The summed E-state index contributed by atoms with van der Waals surface area (Å²) in [6.07, 6.45) is 2.49. The molecule has 2 fully saturated rings. The third kappa shape index (κ3) is 5.52. The molecule has 2 aliphatic rings. The standard InChI is InChI=1S/C19H28FN3O4/c1-13(11-26-8-7-20)21-18(24)16-5-6-17(23-9-15(10-23)25-2)19(22-16)27-12-14-3-4-14/h5-6,13-15H,3-4,7-12H2,1-2H3,(H,21,24)/i7D2. The third-order valence-corrected chi connectivity index (χ3v) is 4.65. The second-order valence-corrected chi connectivity index (χ2v) is 7.06. The molecule has 2 heterocycles. The highest BCUT2D eigenvalue weighted by Gasteiger charge is 2.30. The van der Waals surface area contributed by atoms with Gasteiger partial charge in [-0.05, 0) is 37.8 Å². The molecule has 27 heavy (non-hydrogen) atoms. The molecule has 1 N–H and O–H groups in total. The summed E-state index contributed by atoms with van der Waals surface area (Å²) in [5, 5.41) is 2.72. The zero-order valence-corrected chi connectivity index (χ0v) is 15.7. The predicted octanol–water partition coefficient (Wildman–Crippen LogP) is 1.81. The average Bonchev–Trinajstić information content (AvgIpc) is 3.43. The van der Waals surface area contributed by atoms with Crippen LogP contribution in [-0.2, 0) is 9.47 Å². The van der Waals surface area contributed by atoms with Gasteiger partial charge in [0.25, 0.3) is 5.91 Å². The van der Waals surface area contributed by atoms with E-state index in [0.717, 1.165) is 31.6 Å². The molecule has 8 heteroatoms. The van der Waals surface area contributed by atoms with Gasteiger partial charge in [0.15, 0.2) is 0 Å². The van der Waals surface area contributed by atoms with Crippen LogP contribution in [0.25, 0.3) is 0 Å². The van der Waals surface area contributed by atoms with Gasteiger partial charge in [0.05, 0.1) is 28.7 Å². The Kier molecular flexibility index (Phi) is 5.93. The second-order valence-electron chi connectivity index (χ2n) is 7.06. The Balaban J connectivity index is 1.60. The van der Waals surface area contributed by atoms with Crippen LogP contribution in [0.3, 0.4) is 0 Å². The first-order valence-corrected chi connectivity index (χ1v) is 9.24. The highest BCUT2D eigenvalue weighted by Crippen LogP contribution is 2.34. The maximum atomic E-state index is 12.8. The van der Waals surface area contributed by atoms with E-state index in [4.69, 9.17) is 17.0 Å². The molecular formula is C19H28FN3O4. The van der Waals surface area contributed by atoms with Crippen LogP contribution in [0.1, 0.15) is 33.0 Å². The number of amides is 1. The van der Waals surface area contributed by atoms with Crippen molar-refractivity contribution >= 4 is 11.6 Å². The summed E-state index contributed by atoms with van der Waals surface area (Å²) in [7, 11) is 1.69. The smallest absolute Gasteiger partial charge is 0.270 e. The van der Waals surface area contributed by atoms with E-state index >= 15 is 0 Å². The number of methoxy groups -OCH3 is 1. The summed E-state index contributed by atoms with van der Waals surface area (Å²) in [4.78, 5) is 19.0. The topological polar surface area (TPSA) is 72.9 Å². The van der Waals surface area contributed by atoms with Gasteiger partial charge in [0, 0.05) is 26.2 Å². The molecule has 150 valence electrons. The zero-order chi connectivity index (χ0) is 21.0. The number of halogens is 1. The van der Waals surface area contributed by atoms with E-state index in [1.165, 1.54) is 0 Å². The van der Waals surface area contributed by atoms with Crippen molar-refractivity contribution in [3.05, 3.63) is 17.8 Å². The molecule has 0 bridgehead atoms. The van der Waals surface area contributed by atoms with Crippen molar-refractivity contribution < 1.29 is 26.1 Å². The molecule has 0 radical (unpaired) electrons. The number of carbonyl (C=O) groups is 1. The molecule has 1 aromatic rings. The van der Waals surface area contributed by atoms with Gasteiger partial charge in [0.2, 0.25) is 5.88 Å². The van der Waals surface area contributed by atoms with E-state index in [1.54, 1.807) is 20.1 Å². The van der Waals surface area contributed by atoms with Crippen LogP contribution in [0, 0.1) is 5.92 Å². The fourth-order valence-corrected chi connectivity index (χ4v) is 2.79. The van der Waals surface area contributed by atoms with Crippen LogP contribution >= 0.6 is 0 Å². The van der Waals surface area contributed by atoms with Crippen molar-refractivity contribution in [3.8, 4) is 5.88 Å². The lowest BCUT2D eigenvalue weighted by atomic mass is 10.1. The lowest BCUT2D eigenvalue weighted by Gasteiger charge is -2.40. The van der Waals surface area contributed by atoms with Crippen LogP contribution in [0.5, 0.6) is 5.88 Å². The number of pyridine rings is 1. The minimum atomic E-state index is -2.90. The van der Waals surface area contributed by atoms with Crippen LogP contribution in [0.15, 0.2) is 12.1 Å². The molecule has 0 spiro atoms. The Morgan fingerprint density at radius 1 is 1.48 bits per heavy atom. The van der Waals surface area contributed by atoms with Gasteiger partial charge in [-0.25, -0.2) is 9.37 Å². The largest absolute Gasteiger partial charge is 0.476 e. The first kappa shape index (κ1) is 17.2. The van der Waals surface area contributed by atoms with Gasteiger partial charge in [0.1, 0.15) is 18.0 Å². The minimum Gasteiger partial charge on any atom is -0.476 e. The zero-order valence-electron chi connectivity index (χ0n) is 17.7. The van der Waals surface area contributed by atoms with Crippen LogP contribution in [0.4, 0.5) is 10.1 Å². The number of nitrogens with one attached hydrogen (secondary N) is 1. The molecule has 1 atom stereocenters. The van der Waals surface area contributed by atoms with Crippen LogP contribution < -0.4 is 15.0 Å². The first-order chi connectivity index (χ1) is 13.7. The molecule has 1 amide bonds. The highest BCUT2D eigenvalue weighted by atomic mass is 19.1. The molecule has 3 rings (SSSR count). The Bertz CT molecular complexity index is 709. The fourth-order valence-electron chi connectivity index (χ4n) is 2.79. The summed E-state index contributed by atoms with van der Waals surface area (Å²) in [6, 6.07) is 3.04. The van der Waals surface area contributed by atoms with Gasteiger partial charge < -0.3 is 24.4 Å². The molecule has 1 unspecified atom stereocenters. The van der Waals surface area contributed by atoms with Gasteiger partial charge in [-0.1, -0.05) is 0 Å². The lowest BCUT2D eigenvalue weighted by molar-refractivity contribution is 0.0781. The Hall–Kier alpha value is -1.93. The quantitative estimate of drug-likeness (QED) is 0.628. The number of alkyl halides is 1. The predicted molar refractivity (Wildman–Crippen MR) is 99.2 cm³/mol. The molecule has 7 nitrogen and oxygen atoms in total. The molecule has 1 saturated carbocycles. The Morgan fingerprint density at radius 2 is 2.26 bits per heavy atom. The van der Waals surface area contributed by atoms with Crippen LogP contribution in [-0.4, -0.2) is 69.7 Å². The number of aromatic nitrogens is 1. The van der Waals surface area contributed by atoms with Crippen LogP contribution in [0.2, 0.25) is 0 Å². The van der Waals surface area contributed by atoms with Crippen molar-refractivity contribution in [1.82, 2.24) is 10.3 Å². The van der Waals surface area contributed by atoms with E-state index in [2.05, 4.69) is 15.2 Å². The SMILES string of the molecule is [2H]C([2H])(F)COCC(C)NC(=O)c1ccc(N2CC(OC)C2)c(OCC2CC2)n1. The number of hydrogen-bond donors (Lipinski definition) is 1. The van der Waals surface area contributed by atoms with Crippen molar-refractivity contribution in [2.24, 2.45) is 5.92 Å². The summed E-state index contributed by atoms with van der Waals surface area (Å²) in [6.45, 7) is 0.188. The average molecular weight is 383 g/mol. The monoisotopic (exact) mass is 383 g/mol. The number of nitrogens with zero attached hydrogens (tertiary/aromatic N) is 2. The van der Waals surface area contributed by atoms with Gasteiger partial charge in [-0.3, -0.25) is 4.79 Å². The number of rotatable bonds is 11. The number of anilines is 1. The molecule has 1 aliphatic heterocycles. The maximum absolute atomic E-state index is 12.8. The van der Waals surface area contributed by atoms with Crippen molar-refractivity contribution in [2.45, 2.75) is 31.9 Å². The minimum absolute atomic E-state index is 0.00945.